The molecule has 2 aromatic heterocycles. The molecule has 2 rings (SSSR count). The zero-order valence-corrected chi connectivity index (χ0v) is 14.3. The third-order valence-corrected chi connectivity index (χ3v) is 4.88. The molecule has 1 unspecified atom stereocenters. The molecular weight excluding hydrogens is 302 g/mol. The van der Waals surface area contributed by atoms with Crippen LogP contribution in [0.5, 0.6) is 0 Å². The lowest BCUT2D eigenvalue weighted by Crippen LogP contribution is -2.22. The van der Waals surface area contributed by atoms with Crippen molar-refractivity contribution in [2.45, 2.75) is 32.9 Å². The molecule has 0 saturated heterocycles. The van der Waals surface area contributed by atoms with Crippen LogP contribution >= 0.6 is 22.9 Å². The summed E-state index contributed by atoms with van der Waals surface area (Å²) in [4.78, 5) is 8.26. The van der Waals surface area contributed by atoms with Gasteiger partial charge in [0.1, 0.15) is 5.82 Å². The minimum atomic E-state index is 0.357. The molecule has 1 N–H and O–H groups in total. The van der Waals surface area contributed by atoms with Crippen molar-refractivity contribution in [2.24, 2.45) is 0 Å². The summed E-state index contributed by atoms with van der Waals surface area (Å²) < 4.78 is 0. The fourth-order valence-corrected chi connectivity index (χ4v) is 3.08. The van der Waals surface area contributed by atoms with Gasteiger partial charge in [-0.2, -0.15) is 0 Å². The van der Waals surface area contributed by atoms with Crippen molar-refractivity contribution >= 4 is 28.8 Å². The molecule has 21 heavy (non-hydrogen) atoms. The number of rotatable bonds is 7. The number of nitrogens with zero attached hydrogens (tertiary/aromatic N) is 2. The topological polar surface area (TPSA) is 28.2 Å². The van der Waals surface area contributed by atoms with Gasteiger partial charge in [-0.05, 0) is 44.0 Å². The van der Waals surface area contributed by atoms with Gasteiger partial charge in [0.2, 0.25) is 0 Å². The Morgan fingerprint density at radius 3 is 2.86 bits per heavy atom. The molecule has 0 aromatic carbocycles. The molecule has 0 saturated carbocycles. The Labute approximate surface area is 136 Å². The average molecular weight is 324 g/mol. The van der Waals surface area contributed by atoms with Gasteiger partial charge < -0.3 is 5.32 Å². The summed E-state index contributed by atoms with van der Waals surface area (Å²) in [6.45, 7) is 6.01. The first-order valence-electron chi connectivity index (χ1n) is 7.24. The van der Waals surface area contributed by atoms with Crippen LogP contribution < -0.4 is 5.32 Å². The zero-order valence-electron chi connectivity index (χ0n) is 12.8. The average Bonchev–Trinajstić information content (AvgIpc) is 3.01. The maximum Gasteiger partial charge on any atom is 0.126 e. The molecule has 0 amide bonds. The summed E-state index contributed by atoms with van der Waals surface area (Å²) in [5.41, 5.74) is 0.920. The van der Waals surface area contributed by atoms with Crippen molar-refractivity contribution in [3.05, 3.63) is 45.2 Å². The van der Waals surface area contributed by atoms with Gasteiger partial charge in [0, 0.05) is 24.0 Å². The fraction of sp³-hybridized carbons (Fsp3) is 0.438. The molecular formula is C16H22ClN3S. The van der Waals surface area contributed by atoms with Crippen LogP contribution in [0.2, 0.25) is 5.02 Å². The summed E-state index contributed by atoms with van der Waals surface area (Å²) in [7, 11) is 2.11. The van der Waals surface area contributed by atoms with Gasteiger partial charge in [0.25, 0.3) is 0 Å². The highest BCUT2D eigenvalue weighted by atomic mass is 35.5. The van der Waals surface area contributed by atoms with Gasteiger partial charge in [0.15, 0.2) is 0 Å². The van der Waals surface area contributed by atoms with E-state index in [-0.39, 0.29) is 0 Å². The molecule has 2 aromatic rings. The molecule has 0 aliphatic carbocycles. The van der Waals surface area contributed by atoms with Gasteiger partial charge >= 0.3 is 0 Å². The number of thiophene rings is 1. The molecule has 0 radical (unpaired) electrons. The van der Waals surface area contributed by atoms with Gasteiger partial charge in [-0.1, -0.05) is 24.6 Å². The van der Waals surface area contributed by atoms with Gasteiger partial charge in [0.05, 0.1) is 10.7 Å². The van der Waals surface area contributed by atoms with Crippen molar-refractivity contribution in [2.75, 3.05) is 18.9 Å². The van der Waals surface area contributed by atoms with E-state index < -0.39 is 0 Å². The minimum absolute atomic E-state index is 0.357. The predicted octanol–water partition coefficient (Wildman–Crippen LogP) is 4.81. The Balaban J connectivity index is 2.07. The number of hydrogen-bond donors (Lipinski definition) is 1. The Kier molecular flexibility index (Phi) is 6.03. The van der Waals surface area contributed by atoms with E-state index in [1.807, 2.05) is 12.1 Å². The van der Waals surface area contributed by atoms with Crippen LogP contribution in [0, 0.1) is 0 Å². The largest absolute Gasteiger partial charge is 0.370 e. The Hall–Kier alpha value is -1.10. The highest BCUT2D eigenvalue weighted by Crippen LogP contribution is 2.26. The zero-order chi connectivity index (χ0) is 15.2. The summed E-state index contributed by atoms with van der Waals surface area (Å²) in [6.07, 6.45) is 1.08. The maximum absolute atomic E-state index is 6.29. The first-order valence-corrected chi connectivity index (χ1v) is 8.50. The lowest BCUT2D eigenvalue weighted by Gasteiger charge is -2.24. The van der Waals surface area contributed by atoms with Crippen LogP contribution in [0.1, 0.15) is 36.9 Å². The fourth-order valence-electron chi connectivity index (χ4n) is 2.07. The van der Waals surface area contributed by atoms with Crippen molar-refractivity contribution in [3.8, 4) is 0 Å². The molecule has 114 valence electrons. The second kappa shape index (κ2) is 7.78. The third-order valence-electron chi connectivity index (χ3n) is 3.49. The molecule has 0 fully saturated rings. The number of halogens is 1. The lowest BCUT2D eigenvalue weighted by atomic mass is 10.2. The van der Waals surface area contributed by atoms with Gasteiger partial charge in [-0.3, -0.25) is 4.90 Å². The van der Waals surface area contributed by atoms with Crippen LogP contribution in [-0.2, 0) is 6.54 Å². The van der Waals surface area contributed by atoms with Crippen LogP contribution in [-0.4, -0.2) is 23.5 Å². The van der Waals surface area contributed by atoms with Gasteiger partial charge in [-0.15, -0.1) is 11.3 Å². The summed E-state index contributed by atoms with van der Waals surface area (Å²) in [6, 6.07) is 8.47. The first-order chi connectivity index (χ1) is 10.1. The number of nitrogens with one attached hydrogen (secondary N) is 1. The van der Waals surface area contributed by atoms with E-state index in [0.29, 0.717) is 6.04 Å². The summed E-state index contributed by atoms with van der Waals surface area (Å²) in [5, 5.41) is 6.14. The second-order valence-corrected chi connectivity index (χ2v) is 6.54. The van der Waals surface area contributed by atoms with Crippen LogP contribution in [0.3, 0.4) is 0 Å². The van der Waals surface area contributed by atoms with E-state index in [4.69, 9.17) is 11.6 Å². The van der Waals surface area contributed by atoms with E-state index in [1.54, 1.807) is 11.3 Å². The standard InChI is InChI=1S/C16H22ClN3S/c1-4-9-18-16-8-7-13(17)14(19-16)11-20(3)12(2)15-6-5-10-21-15/h5-8,10,12H,4,9,11H2,1-3H3,(H,18,19). The number of hydrogen-bond acceptors (Lipinski definition) is 4. The smallest absolute Gasteiger partial charge is 0.126 e. The minimum Gasteiger partial charge on any atom is -0.370 e. The van der Waals surface area contributed by atoms with Crippen molar-refractivity contribution < 1.29 is 0 Å². The summed E-state index contributed by atoms with van der Waals surface area (Å²) >= 11 is 8.07. The van der Waals surface area contributed by atoms with E-state index in [2.05, 4.69) is 53.6 Å². The molecule has 0 spiro atoms. The Morgan fingerprint density at radius 2 is 2.19 bits per heavy atom. The van der Waals surface area contributed by atoms with E-state index >= 15 is 0 Å². The maximum atomic E-state index is 6.29. The van der Waals surface area contributed by atoms with E-state index in [0.717, 1.165) is 36.0 Å². The lowest BCUT2D eigenvalue weighted by molar-refractivity contribution is 0.253. The van der Waals surface area contributed by atoms with Crippen molar-refractivity contribution in [1.29, 1.82) is 0 Å². The number of anilines is 1. The van der Waals surface area contributed by atoms with E-state index in [9.17, 15) is 0 Å². The monoisotopic (exact) mass is 323 g/mol. The second-order valence-electron chi connectivity index (χ2n) is 5.16. The van der Waals surface area contributed by atoms with Crippen LogP contribution in [0.4, 0.5) is 5.82 Å². The summed E-state index contributed by atoms with van der Waals surface area (Å²) in [5.74, 6) is 0.897. The normalized spacial score (nSPS) is 12.6. The highest BCUT2D eigenvalue weighted by molar-refractivity contribution is 7.10. The van der Waals surface area contributed by atoms with Gasteiger partial charge in [-0.25, -0.2) is 4.98 Å². The number of aromatic nitrogens is 1. The first kappa shape index (κ1) is 16.3. The van der Waals surface area contributed by atoms with Crippen LogP contribution in [0.15, 0.2) is 29.6 Å². The molecule has 0 aliphatic rings. The molecule has 1 atom stereocenters. The molecule has 5 heteroatoms. The Morgan fingerprint density at radius 1 is 1.38 bits per heavy atom. The molecule has 0 bridgehead atoms. The molecule has 2 heterocycles. The number of pyridine rings is 1. The Bertz CT molecular complexity index is 557. The third kappa shape index (κ3) is 4.43. The quantitative estimate of drug-likeness (QED) is 0.792. The van der Waals surface area contributed by atoms with Crippen molar-refractivity contribution in [1.82, 2.24) is 9.88 Å². The molecule has 0 aliphatic heterocycles. The molecule has 3 nitrogen and oxygen atoms in total. The van der Waals surface area contributed by atoms with Crippen molar-refractivity contribution in [3.63, 3.8) is 0 Å². The van der Waals surface area contributed by atoms with E-state index in [1.165, 1.54) is 4.88 Å². The SMILES string of the molecule is CCCNc1ccc(Cl)c(CN(C)C(C)c2cccs2)n1. The van der Waals surface area contributed by atoms with Crippen LogP contribution in [0.25, 0.3) is 0 Å². The highest BCUT2D eigenvalue weighted by Gasteiger charge is 2.15. The predicted molar refractivity (Wildman–Crippen MR) is 92.2 cm³/mol.